The van der Waals surface area contributed by atoms with E-state index in [0.717, 1.165) is 11.3 Å². The standard InChI is InChI=1S/C18H15FN2O3S/c1-10-9-13(11(2)24-10)17(22)20-21-18(23)16-8-7-15(25-16)12-5-3-4-6-14(12)19/h3-9H,1-2H3,(H,20,22)(H,21,23). The van der Waals surface area contributed by atoms with Crippen LogP contribution in [-0.4, -0.2) is 11.8 Å². The van der Waals surface area contributed by atoms with Crippen molar-refractivity contribution in [3.63, 3.8) is 0 Å². The number of hydrazine groups is 1. The van der Waals surface area contributed by atoms with E-state index in [2.05, 4.69) is 10.9 Å². The second kappa shape index (κ2) is 6.90. The molecule has 1 aromatic carbocycles. The molecule has 7 heteroatoms. The van der Waals surface area contributed by atoms with Crippen LogP contribution in [-0.2, 0) is 0 Å². The van der Waals surface area contributed by atoms with Gasteiger partial charge >= 0.3 is 0 Å². The fraction of sp³-hybridized carbons (Fsp3) is 0.111. The maximum absolute atomic E-state index is 13.8. The largest absolute Gasteiger partial charge is 0.466 e. The average molecular weight is 358 g/mol. The lowest BCUT2D eigenvalue weighted by molar-refractivity contribution is 0.0848. The molecular formula is C18H15FN2O3S. The van der Waals surface area contributed by atoms with E-state index in [1.807, 2.05) is 0 Å². The minimum Gasteiger partial charge on any atom is -0.466 e. The fourth-order valence-electron chi connectivity index (χ4n) is 2.36. The topological polar surface area (TPSA) is 71.3 Å². The maximum Gasteiger partial charge on any atom is 0.279 e. The zero-order valence-electron chi connectivity index (χ0n) is 13.6. The predicted molar refractivity (Wildman–Crippen MR) is 92.8 cm³/mol. The van der Waals surface area contributed by atoms with E-state index in [4.69, 9.17) is 4.42 Å². The van der Waals surface area contributed by atoms with Gasteiger partial charge in [0.15, 0.2) is 0 Å². The first-order chi connectivity index (χ1) is 12.0. The summed E-state index contributed by atoms with van der Waals surface area (Å²) in [5.74, 6) is -0.202. The molecule has 0 radical (unpaired) electrons. The van der Waals surface area contributed by atoms with Crippen LogP contribution in [0.2, 0.25) is 0 Å². The molecule has 0 aliphatic rings. The van der Waals surface area contributed by atoms with Gasteiger partial charge in [-0.05, 0) is 38.1 Å². The first kappa shape index (κ1) is 16.9. The Balaban J connectivity index is 1.67. The van der Waals surface area contributed by atoms with Crippen LogP contribution < -0.4 is 10.9 Å². The molecule has 3 aromatic rings. The Morgan fingerprint density at radius 1 is 1.04 bits per heavy atom. The predicted octanol–water partition coefficient (Wildman–Crippen LogP) is 3.84. The van der Waals surface area contributed by atoms with Crippen LogP contribution in [0.4, 0.5) is 4.39 Å². The van der Waals surface area contributed by atoms with E-state index in [1.54, 1.807) is 50.2 Å². The molecule has 2 amide bonds. The number of benzene rings is 1. The van der Waals surface area contributed by atoms with Crippen LogP contribution in [0.15, 0.2) is 46.9 Å². The Kier molecular flexibility index (Phi) is 4.67. The summed E-state index contributed by atoms with van der Waals surface area (Å²) in [5.41, 5.74) is 5.48. The van der Waals surface area contributed by atoms with Gasteiger partial charge < -0.3 is 4.42 Å². The molecule has 0 saturated heterocycles. The summed E-state index contributed by atoms with van der Waals surface area (Å²) >= 11 is 1.14. The second-order valence-corrected chi connectivity index (χ2v) is 6.46. The Morgan fingerprint density at radius 3 is 2.44 bits per heavy atom. The molecule has 3 rings (SSSR count). The molecule has 0 aliphatic heterocycles. The maximum atomic E-state index is 13.8. The Hall–Kier alpha value is -2.93. The zero-order chi connectivity index (χ0) is 18.0. The van der Waals surface area contributed by atoms with Crippen molar-refractivity contribution in [2.24, 2.45) is 0 Å². The van der Waals surface area contributed by atoms with Gasteiger partial charge in [-0.25, -0.2) is 4.39 Å². The summed E-state index contributed by atoms with van der Waals surface area (Å²) in [7, 11) is 0. The second-order valence-electron chi connectivity index (χ2n) is 5.38. The van der Waals surface area contributed by atoms with Gasteiger partial charge in [-0.15, -0.1) is 11.3 Å². The molecule has 2 heterocycles. The van der Waals surface area contributed by atoms with Crippen LogP contribution in [0.25, 0.3) is 10.4 Å². The number of halogens is 1. The fourth-order valence-corrected chi connectivity index (χ4v) is 3.29. The van der Waals surface area contributed by atoms with Gasteiger partial charge in [0, 0.05) is 10.4 Å². The van der Waals surface area contributed by atoms with Crippen LogP contribution >= 0.6 is 11.3 Å². The number of carbonyl (C=O) groups is 2. The van der Waals surface area contributed by atoms with Gasteiger partial charge in [0.05, 0.1) is 10.4 Å². The van der Waals surface area contributed by atoms with Crippen molar-refractivity contribution in [1.82, 2.24) is 10.9 Å². The van der Waals surface area contributed by atoms with Crippen molar-refractivity contribution < 1.29 is 18.4 Å². The number of rotatable bonds is 3. The van der Waals surface area contributed by atoms with Crippen molar-refractivity contribution in [3.8, 4) is 10.4 Å². The molecule has 0 saturated carbocycles. The van der Waals surface area contributed by atoms with E-state index < -0.39 is 11.8 Å². The highest BCUT2D eigenvalue weighted by molar-refractivity contribution is 7.17. The van der Waals surface area contributed by atoms with E-state index in [9.17, 15) is 14.0 Å². The third-order valence-electron chi connectivity index (χ3n) is 3.54. The molecule has 0 aliphatic carbocycles. The number of nitrogens with one attached hydrogen (secondary N) is 2. The third-order valence-corrected chi connectivity index (χ3v) is 4.66. The number of thiophene rings is 1. The summed E-state index contributed by atoms with van der Waals surface area (Å²) in [4.78, 5) is 25.2. The Bertz CT molecular complexity index is 945. The highest BCUT2D eigenvalue weighted by atomic mass is 32.1. The smallest absolute Gasteiger partial charge is 0.279 e. The molecule has 5 nitrogen and oxygen atoms in total. The van der Waals surface area contributed by atoms with Crippen LogP contribution in [0.1, 0.15) is 31.6 Å². The highest BCUT2D eigenvalue weighted by Gasteiger charge is 2.16. The monoisotopic (exact) mass is 358 g/mol. The highest BCUT2D eigenvalue weighted by Crippen LogP contribution is 2.29. The normalized spacial score (nSPS) is 10.5. The van der Waals surface area contributed by atoms with Gasteiger partial charge in [-0.2, -0.15) is 0 Å². The van der Waals surface area contributed by atoms with E-state index in [-0.39, 0.29) is 5.82 Å². The van der Waals surface area contributed by atoms with Gasteiger partial charge in [-0.1, -0.05) is 18.2 Å². The van der Waals surface area contributed by atoms with E-state index in [0.29, 0.717) is 32.4 Å². The quantitative estimate of drug-likeness (QED) is 0.699. The summed E-state index contributed by atoms with van der Waals surface area (Å²) in [5, 5.41) is 0. The Labute approximate surface area is 147 Å². The number of aryl methyl sites for hydroxylation is 2. The molecule has 0 bridgehead atoms. The molecule has 0 unspecified atom stereocenters. The van der Waals surface area contributed by atoms with Crippen molar-refractivity contribution in [2.75, 3.05) is 0 Å². The number of furan rings is 1. The summed E-state index contributed by atoms with van der Waals surface area (Å²) in [6.07, 6.45) is 0. The molecule has 2 N–H and O–H groups in total. The summed E-state index contributed by atoms with van der Waals surface area (Å²) < 4.78 is 19.1. The lowest BCUT2D eigenvalue weighted by Gasteiger charge is -2.05. The van der Waals surface area contributed by atoms with E-state index in [1.165, 1.54) is 6.07 Å². The lowest BCUT2D eigenvalue weighted by Crippen LogP contribution is -2.41. The molecule has 2 aromatic heterocycles. The number of hydrogen-bond donors (Lipinski definition) is 2. The molecule has 0 fully saturated rings. The van der Waals surface area contributed by atoms with Crippen molar-refractivity contribution in [3.05, 3.63) is 70.2 Å². The number of carbonyl (C=O) groups excluding carboxylic acids is 2. The molecule has 128 valence electrons. The first-order valence-electron chi connectivity index (χ1n) is 7.48. The summed E-state index contributed by atoms with van der Waals surface area (Å²) in [6, 6.07) is 11.2. The zero-order valence-corrected chi connectivity index (χ0v) is 14.4. The molecular weight excluding hydrogens is 343 g/mol. The third kappa shape index (κ3) is 3.61. The van der Waals surface area contributed by atoms with Crippen LogP contribution in [0.3, 0.4) is 0 Å². The SMILES string of the molecule is Cc1cc(C(=O)NNC(=O)c2ccc(-c3ccccc3F)s2)c(C)o1. The van der Waals surface area contributed by atoms with Gasteiger partial charge in [0.1, 0.15) is 17.3 Å². The first-order valence-corrected chi connectivity index (χ1v) is 8.30. The molecule has 0 spiro atoms. The lowest BCUT2D eigenvalue weighted by atomic mass is 10.2. The van der Waals surface area contributed by atoms with Crippen molar-refractivity contribution >= 4 is 23.2 Å². The van der Waals surface area contributed by atoms with Crippen LogP contribution in [0.5, 0.6) is 0 Å². The van der Waals surface area contributed by atoms with Gasteiger partial charge in [0.25, 0.3) is 11.8 Å². The number of amides is 2. The van der Waals surface area contributed by atoms with Crippen molar-refractivity contribution in [1.29, 1.82) is 0 Å². The Morgan fingerprint density at radius 2 is 1.76 bits per heavy atom. The number of hydrogen-bond acceptors (Lipinski definition) is 4. The van der Waals surface area contributed by atoms with Crippen LogP contribution in [0, 0.1) is 19.7 Å². The minimum absolute atomic E-state index is 0.351. The van der Waals surface area contributed by atoms with Gasteiger partial charge in [-0.3, -0.25) is 20.4 Å². The average Bonchev–Trinajstić information content (AvgIpc) is 3.19. The summed E-state index contributed by atoms with van der Waals surface area (Å²) in [6.45, 7) is 3.40. The molecule has 25 heavy (non-hydrogen) atoms. The van der Waals surface area contributed by atoms with Gasteiger partial charge in [0.2, 0.25) is 0 Å². The van der Waals surface area contributed by atoms with Crippen molar-refractivity contribution in [2.45, 2.75) is 13.8 Å². The molecule has 0 atom stereocenters. The minimum atomic E-state index is -0.473. The van der Waals surface area contributed by atoms with E-state index >= 15 is 0 Å².